The Kier molecular flexibility index (Phi) is 5.42. The molecule has 4 nitrogen and oxygen atoms in total. The normalized spacial score (nSPS) is 14.7. The maximum atomic E-state index is 11.5. The van der Waals surface area contributed by atoms with Gasteiger partial charge in [0, 0.05) is 12.5 Å². The van der Waals surface area contributed by atoms with Gasteiger partial charge in [-0.05, 0) is 32.6 Å². The molecule has 0 aliphatic carbocycles. The molecule has 3 N–H and O–H groups in total. The van der Waals surface area contributed by atoms with Gasteiger partial charge in [0.15, 0.2) is 0 Å². The summed E-state index contributed by atoms with van der Waals surface area (Å²) in [5.74, 6) is -0.160. The van der Waals surface area contributed by atoms with Crippen molar-refractivity contribution in [1.82, 2.24) is 5.48 Å². The minimum atomic E-state index is -0.371. The lowest BCUT2D eigenvalue weighted by Gasteiger charge is -2.23. The van der Waals surface area contributed by atoms with E-state index in [-0.39, 0.29) is 23.0 Å². The van der Waals surface area contributed by atoms with E-state index >= 15 is 0 Å². The zero-order valence-electron chi connectivity index (χ0n) is 11.4. The van der Waals surface area contributed by atoms with Crippen LogP contribution in [0.15, 0.2) is 0 Å². The van der Waals surface area contributed by atoms with Crippen molar-refractivity contribution in [1.29, 1.82) is 0 Å². The second-order valence-corrected chi connectivity index (χ2v) is 6.47. The largest absolute Gasteiger partial charge is 0.327 e. The summed E-state index contributed by atoms with van der Waals surface area (Å²) in [7, 11) is 0. The van der Waals surface area contributed by atoms with Crippen molar-refractivity contribution in [2.75, 3.05) is 0 Å². The Morgan fingerprint density at radius 2 is 1.75 bits per heavy atom. The summed E-state index contributed by atoms with van der Waals surface area (Å²) in [6, 6.07) is -0.122. The van der Waals surface area contributed by atoms with E-state index in [1.807, 2.05) is 20.8 Å². The molecule has 0 radical (unpaired) electrons. The second kappa shape index (κ2) is 5.64. The van der Waals surface area contributed by atoms with E-state index in [1.54, 1.807) is 0 Å². The van der Waals surface area contributed by atoms with Crippen molar-refractivity contribution in [3.63, 3.8) is 0 Å². The second-order valence-electron chi connectivity index (χ2n) is 6.47. The molecule has 0 heterocycles. The Morgan fingerprint density at radius 3 is 2.12 bits per heavy atom. The lowest BCUT2D eigenvalue weighted by Crippen LogP contribution is -2.38. The van der Waals surface area contributed by atoms with Gasteiger partial charge in [0.05, 0.1) is 5.60 Å². The molecule has 0 rings (SSSR count). The van der Waals surface area contributed by atoms with Crippen molar-refractivity contribution in [2.24, 2.45) is 11.1 Å². The van der Waals surface area contributed by atoms with Crippen LogP contribution in [0.2, 0.25) is 0 Å². The summed E-state index contributed by atoms with van der Waals surface area (Å²) in [5, 5.41) is 0. The molecule has 0 fully saturated rings. The van der Waals surface area contributed by atoms with Crippen LogP contribution in [-0.4, -0.2) is 17.6 Å². The summed E-state index contributed by atoms with van der Waals surface area (Å²) < 4.78 is 0. The number of hydrogen-bond donors (Lipinski definition) is 2. The molecule has 96 valence electrons. The monoisotopic (exact) mass is 230 g/mol. The third-order valence-electron chi connectivity index (χ3n) is 1.79. The molecule has 16 heavy (non-hydrogen) atoms. The maximum Gasteiger partial charge on any atom is 0.245 e. The number of amides is 1. The third kappa shape index (κ3) is 9.93. The van der Waals surface area contributed by atoms with Crippen LogP contribution in [0.4, 0.5) is 0 Å². The van der Waals surface area contributed by atoms with Crippen molar-refractivity contribution >= 4 is 5.91 Å². The molecule has 0 bridgehead atoms. The fourth-order valence-corrected chi connectivity index (χ4v) is 1.35. The number of nitrogens with one attached hydrogen (secondary N) is 1. The van der Waals surface area contributed by atoms with Gasteiger partial charge in [-0.2, -0.15) is 0 Å². The van der Waals surface area contributed by atoms with Crippen LogP contribution in [0, 0.1) is 5.41 Å². The fraction of sp³-hybridized carbons (Fsp3) is 0.917. The van der Waals surface area contributed by atoms with Gasteiger partial charge in [-0.1, -0.05) is 20.8 Å². The summed E-state index contributed by atoms with van der Waals surface area (Å²) >= 11 is 0. The standard InChI is InChI=1S/C12H26N2O2/c1-11(2,3)8-9(13)7-10(15)14-16-12(4,5)6/h9H,7-8,13H2,1-6H3,(H,14,15). The Bertz CT molecular complexity index is 226. The van der Waals surface area contributed by atoms with E-state index in [4.69, 9.17) is 10.6 Å². The van der Waals surface area contributed by atoms with Crippen molar-refractivity contribution < 1.29 is 9.63 Å². The molecular formula is C12H26N2O2. The average molecular weight is 230 g/mol. The Hall–Kier alpha value is -0.610. The van der Waals surface area contributed by atoms with Gasteiger partial charge >= 0.3 is 0 Å². The number of carbonyl (C=O) groups excluding carboxylic acids is 1. The Morgan fingerprint density at radius 1 is 1.25 bits per heavy atom. The van der Waals surface area contributed by atoms with E-state index < -0.39 is 0 Å². The first-order chi connectivity index (χ1) is 6.99. The summed E-state index contributed by atoms with van der Waals surface area (Å²) in [6.45, 7) is 12.0. The fourth-order valence-electron chi connectivity index (χ4n) is 1.35. The van der Waals surface area contributed by atoms with Crippen LogP contribution >= 0.6 is 0 Å². The van der Waals surface area contributed by atoms with Gasteiger partial charge in [-0.25, -0.2) is 5.48 Å². The number of carbonyl (C=O) groups is 1. The van der Waals surface area contributed by atoms with Crippen molar-refractivity contribution in [3.05, 3.63) is 0 Å². The van der Waals surface area contributed by atoms with Gasteiger partial charge in [0.1, 0.15) is 0 Å². The molecule has 0 aromatic carbocycles. The van der Waals surface area contributed by atoms with Crippen molar-refractivity contribution in [2.45, 2.75) is 66.0 Å². The minimum absolute atomic E-state index is 0.122. The molecule has 0 aromatic rings. The quantitative estimate of drug-likeness (QED) is 0.726. The average Bonchev–Trinajstić information content (AvgIpc) is 1.95. The lowest BCUT2D eigenvalue weighted by atomic mass is 9.87. The summed E-state index contributed by atoms with van der Waals surface area (Å²) in [4.78, 5) is 16.6. The van der Waals surface area contributed by atoms with Gasteiger partial charge in [-0.3, -0.25) is 9.63 Å². The SMILES string of the molecule is CC(C)(C)CC(N)CC(=O)NOC(C)(C)C. The molecule has 1 atom stereocenters. The van der Waals surface area contributed by atoms with Gasteiger partial charge in [0.25, 0.3) is 0 Å². The molecule has 0 aromatic heterocycles. The van der Waals surface area contributed by atoms with E-state index in [1.165, 1.54) is 0 Å². The van der Waals surface area contributed by atoms with E-state index in [0.717, 1.165) is 6.42 Å². The molecule has 0 spiro atoms. The molecule has 1 amide bonds. The highest BCUT2D eigenvalue weighted by molar-refractivity contribution is 5.75. The predicted octanol–water partition coefficient (Wildman–Crippen LogP) is 1.99. The molecule has 0 saturated heterocycles. The van der Waals surface area contributed by atoms with Crippen LogP contribution < -0.4 is 11.2 Å². The highest BCUT2D eigenvalue weighted by Crippen LogP contribution is 2.20. The van der Waals surface area contributed by atoms with Crippen LogP contribution in [0.25, 0.3) is 0 Å². The van der Waals surface area contributed by atoms with Crippen LogP contribution in [0.1, 0.15) is 54.4 Å². The molecule has 0 aliphatic heterocycles. The van der Waals surface area contributed by atoms with Crippen LogP contribution in [0.3, 0.4) is 0 Å². The molecule has 1 unspecified atom stereocenters. The molecule has 4 heteroatoms. The first-order valence-corrected chi connectivity index (χ1v) is 5.72. The molecular weight excluding hydrogens is 204 g/mol. The number of rotatable bonds is 4. The van der Waals surface area contributed by atoms with E-state index in [0.29, 0.717) is 6.42 Å². The van der Waals surface area contributed by atoms with Crippen LogP contribution in [0.5, 0.6) is 0 Å². The topological polar surface area (TPSA) is 64.4 Å². The number of hydroxylamine groups is 1. The summed E-state index contributed by atoms with van der Waals surface area (Å²) in [6.07, 6.45) is 1.11. The van der Waals surface area contributed by atoms with Gasteiger partial charge in [0.2, 0.25) is 5.91 Å². The summed E-state index contributed by atoms with van der Waals surface area (Å²) in [5.41, 5.74) is 8.08. The minimum Gasteiger partial charge on any atom is -0.327 e. The zero-order chi connectivity index (χ0) is 13.0. The molecule has 0 saturated carbocycles. The number of nitrogens with two attached hydrogens (primary N) is 1. The van der Waals surface area contributed by atoms with Crippen molar-refractivity contribution in [3.8, 4) is 0 Å². The maximum absolute atomic E-state index is 11.5. The van der Waals surface area contributed by atoms with Gasteiger partial charge in [-0.15, -0.1) is 0 Å². The van der Waals surface area contributed by atoms with E-state index in [2.05, 4.69) is 26.3 Å². The van der Waals surface area contributed by atoms with E-state index in [9.17, 15) is 4.79 Å². The Labute approximate surface area is 98.9 Å². The smallest absolute Gasteiger partial charge is 0.245 e. The van der Waals surface area contributed by atoms with Gasteiger partial charge < -0.3 is 5.73 Å². The van der Waals surface area contributed by atoms with Crippen LogP contribution in [-0.2, 0) is 9.63 Å². The Balaban J connectivity index is 3.88. The predicted molar refractivity (Wildman–Crippen MR) is 65.6 cm³/mol. The highest BCUT2D eigenvalue weighted by Gasteiger charge is 2.19. The highest BCUT2D eigenvalue weighted by atomic mass is 16.7. The lowest BCUT2D eigenvalue weighted by molar-refractivity contribution is -0.146. The zero-order valence-corrected chi connectivity index (χ0v) is 11.4. The first kappa shape index (κ1) is 15.4. The first-order valence-electron chi connectivity index (χ1n) is 5.72. The number of hydrogen-bond acceptors (Lipinski definition) is 3. The third-order valence-corrected chi connectivity index (χ3v) is 1.79. The molecule has 0 aliphatic rings.